The number of anilines is 1. The number of hydrogen-bond donors (Lipinski definition) is 1. The van der Waals surface area contributed by atoms with Crippen LogP contribution in [0.4, 0.5) is 5.69 Å². The van der Waals surface area contributed by atoms with Crippen LogP contribution in [0.5, 0.6) is 5.75 Å². The van der Waals surface area contributed by atoms with Crippen molar-refractivity contribution in [2.75, 3.05) is 25.9 Å². The lowest BCUT2D eigenvalue weighted by Crippen LogP contribution is -2.21. The predicted octanol–water partition coefficient (Wildman–Crippen LogP) is 1.35. The van der Waals surface area contributed by atoms with Crippen LogP contribution in [-0.2, 0) is 0 Å². The first-order valence-electron chi connectivity index (χ1n) is 4.95. The summed E-state index contributed by atoms with van der Waals surface area (Å²) < 4.78 is 5.81. The Balaban J connectivity index is 2.01. The average Bonchev–Trinajstić information content (AvgIpc) is 2.56. The third-order valence-corrected chi connectivity index (χ3v) is 2.56. The van der Waals surface area contributed by atoms with Crippen molar-refractivity contribution in [2.45, 2.75) is 12.5 Å². The molecule has 0 aliphatic carbocycles. The number of para-hydroxylation sites is 2. The van der Waals surface area contributed by atoms with Crippen molar-refractivity contribution in [2.24, 2.45) is 0 Å². The van der Waals surface area contributed by atoms with E-state index in [1.165, 1.54) is 0 Å². The van der Waals surface area contributed by atoms with E-state index in [9.17, 15) is 0 Å². The highest BCUT2D eigenvalue weighted by atomic mass is 16.5. The van der Waals surface area contributed by atoms with Crippen LogP contribution in [0.15, 0.2) is 24.3 Å². The SMILES string of the molecule is CN1CCC(Oc2ccccc2N)C1. The Morgan fingerprint density at radius 1 is 1.43 bits per heavy atom. The molecule has 3 heteroatoms. The molecule has 2 rings (SSSR count). The fourth-order valence-corrected chi connectivity index (χ4v) is 1.76. The van der Waals surface area contributed by atoms with Gasteiger partial charge in [0.15, 0.2) is 0 Å². The van der Waals surface area contributed by atoms with Gasteiger partial charge < -0.3 is 15.4 Å². The van der Waals surface area contributed by atoms with Gasteiger partial charge in [0.05, 0.1) is 5.69 Å². The fourth-order valence-electron chi connectivity index (χ4n) is 1.76. The van der Waals surface area contributed by atoms with Crippen LogP contribution in [0.3, 0.4) is 0 Å². The first-order chi connectivity index (χ1) is 6.75. The maximum Gasteiger partial charge on any atom is 0.142 e. The van der Waals surface area contributed by atoms with Gasteiger partial charge in [-0.1, -0.05) is 12.1 Å². The van der Waals surface area contributed by atoms with E-state index in [2.05, 4.69) is 11.9 Å². The summed E-state index contributed by atoms with van der Waals surface area (Å²) >= 11 is 0. The van der Waals surface area contributed by atoms with E-state index in [1.54, 1.807) is 0 Å². The highest BCUT2D eigenvalue weighted by Crippen LogP contribution is 2.23. The van der Waals surface area contributed by atoms with Gasteiger partial charge in [0, 0.05) is 13.1 Å². The zero-order chi connectivity index (χ0) is 9.97. The molecule has 1 heterocycles. The van der Waals surface area contributed by atoms with E-state index >= 15 is 0 Å². The van der Waals surface area contributed by atoms with E-state index in [4.69, 9.17) is 10.5 Å². The van der Waals surface area contributed by atoms with Gasteiger partial charge in [0.2, 0.25) is 0 Å². The minimum absolute atomic E-state index is 0.296. The molecule has 0 bridgehead atoms. The topological polar surface area (TPSA) is 38.5 Å². The molecular weight excluding hydrogens is 176 g/mol. The van der Waals surface area contributed by atoms with Crippen molar-refractivity contribution in [3.63, 3.8) is 0 Å². The zero-order valence-corrected chi connectivity index (χ0v) is 8.44. The summed E-state index contributed by atoms with van der Waals surface area (Å²) in [4.78, 5) is 2.27. The van der Waals surface area contributed by atoms with Crippen LogP contribution in [0.1, 0.15) is 6.42 Å². The minimum Gasteiger partial charge on any atom is -0.487 e. The quantitative estimate of drug-likeness (QED) is 0.719. The third-order valence-electron chi connectivity index (χ3n) is 2.56. The third kappa shape index (κ3) is 1.99. The number of hydrogen-bond acceptors (Lipinski definition) is 3. The highest BCUT2D eigenvalue weighted by molar-refractivity contribution is 5.51. The van der Waals surface area contributed by atoms with Gasteiger partial charge in [-0.05, 0) is 25.6 Å². The number of likely N-dealkylation sites (tertiary alicyclic amines) is 1. The minimum atomic E-state index is 0.296. The van der Waals surface area contributed by atoms with Crippen LogP contribution in [0.25, 0.3) is 0 Å². The van der Waals surface area contributed by atoms with Crippen LogP contribution < -0.4 is 10.5 Å². The molecule has 1 atom stereocenters. The number of ether oxygens (including phenoxy) is 1. The van der Waals surface area contributed by atoms with E-state index < -0.39 is 0 Å². The Morgan fingerprint density at radius 3 is 2.86 bits per heavy atom. The molecule has 0 aromatic heterocycles. The molecule has 0 spiro atoms. The number of likely N-dealkylation sites (N-methyl/N-ethyl adjacent to an activating group) is 1. The number of nitrogens with two attached hydrogens (primary N) is 1. The summed E-state index contributed by atoms with van der Waals surface area (Å²) in [5.74, 6) is 0.813. The van der Waals surface area contributed by atoms with Crippen molar-refractivity contribution < 1.29 is 4.74 Å². The van der Waals surface area contributed by atoms with Gasteiger partial charge in [-0.15, -0.1) is 0 Å². The molecule has 1 saturated heterocycles. The van der Waals surface area contributed by atoms with Gasteiger partial charge in [-0.3, -0.25) is 0 Å². The van der Waals surface area contributed by atoms with Gasteiger partial charge in [0.25, 0.3) is 0 Å². The van der Waals surface area contributed by atoms with E-state index in [0.717, 1.165) is 30.9 Å². The monoisotopic (exact) mass is 192 g/mol. The molecule has 1 aromatic rings. The Labute approximate surface area is 84.5 Å². The molecule has 0 saturated carbocycles. The summed E-state index contributed by atoms with van der Waals surface area (Å²) in [7, 11) is 2.11. The van der Waals surface area contributed by atoms with Crippen LogP contribution >= 0.6 is 0 Å². The largest absolute Gasteiger partial charge is 0.487 e. The average molecular weight is 192 g/mol. The molecular formula is C11H16N2O. The first kappa shape index (κ1) is 9.34. The zero-order valence-electron chi connectivity index (χ0n) is 8.44. The Bertz CT molecular complexity index is 314. The number of benzene rings is 1. The Kier molecular flexibility index (Phi) is 2.59. The molecule has 2 N–H and O–H groups in total. The molecule has 1 aliphatic heterocycles. The van der Waals surface area contributed by atoms with Gasteiger partial charge in [0.1, 0.15) is 11.9 Å². The lowest BCUT2D eigenvalue weighted by Gasteiger charge is -2.14. The maximum absolute atomic E-state index is 5.81. The van der Waals surface area contributed by atoms with Crippen molar-refractivity contribution in [3.8, 4) is 5.75 Å². The van der Waals surface area contributed by atoms with E-state index in [-0.39, 0.29) is 0 Å². The molecule has 0 amide bonds. The van der Waals surface area contributed by atoms with Crippen LogP contribution in [0, 0.1) is 0 Å². The van der Waals surface area contributed by atoms with Crippen molar-refractivity contribution >= 4 is 5.69 Å². The van der Waals surface area contributed by atoms with Crippen molar-refractivity contribution in [3.05, 3.63) is 24.3 Å². The van der Waals surface area contributed by atoms with Crippen LogP contribution in [-0.4, -0.2) is 31.1 Å². The number of nitrogens with zero attached hydrogens (tertiary/aromatic N) is 1. The maximum atomic E-state index is 5.81. The Morgan fingerprint density at radius 2 is 2.21 bits per heavy atom. The molecule has 1 aliphatic rings. The lowest BCUT2D eigenvalue weighted by molar-refractivity contribution is 0.209. The normalized spacial score (nSPS) is 22.5. The van der Waals surface area contributed by atoms with Crippen molar-refractivity contribution in [1.82, 2.24) is 4.90 Å². The first-order valence-corrected chi connectivity index (χ1v) is 4.95. The molecule has 1 fully saturated rings. The summed E-state index contributed by atoms with van der Waals surface area (Å²) in [5.41, 5.74) is 6.52. The Hall–Kier alpha value is -1.22. The number of nitrogen functional groups attached to an aromatic ring is 1. The van der Waals surface area contributed by atoms with Crippen LogP contribution in [0.2, 0.25) is 0 Å². The molecule has 76 valence electrons. The van der Waals surface area contributed by atoms with E-state index in [0.29, 0.717) is 6.10 Å². The van der Waals surface area contributed by atoms with Gasteiger partial charge >= 0.3 is 0 Å². The highest BCUT2D eigenvalue weighted by Gasteiger charge is 2.21. The summed E-state index contributed by atoms with van der Waals surface area (Å²) in [6.07, 6.45) is 1.38. The lowest BCUT2D eigenvalue weighted by atomic mass is 10.3. The van der Waals surface area contributed by atoms with Crippen molar-refractivity contribution in [1.29, 1.82) is 0 Å². The summed E-state index contributed by atoms with van der Waals surface area (Å²) in [6.45, 7) is 2.10. The summed E-state index contributed by atoms with van der Waals surface area (Å²) in [5, 5.41) is 0. The van der Waals surface area contributed by atoms with Gasteiger partial charge in [-0.25, -0.2) is 0 Å². The van der Waals surface area contributed by atoms with E-state index in [1.807, 2.05) is 24.3 Å². The fraction of sp³-hybridized carbons (Fsp3) is 0.455. The molecule has 0 radical (unpaired) electrons. The predicted molar refractivity (Wildman–Crippen MR) is 57.4 cm³/mol. The molecule has 1 aromatic carbocycles. The molecule has 1 unspecified atom stereocenters. The second-order valence-corrected chi connectivity index (χ2v) is 3.83. The summed E-state index contributed by atoms with van der Waals surface area (Å²) in [6, 6.07) is 7.66. The standard InChI is InChI=1S/C11H16N2O/c1-13-7-6-9(8-13)14-11-5-3-2-4-10(11)12/h2-5,9H,6-8,12H2,1H3. The van der Waals surface area contributed by atoms with Gasteiger partial charge in [-0.2, -0.15) is 0 Å². The smallest absolute Gasteiger partial charge is 0.142 e. The molecule has 3 nitrogen and oxygen atoms in total. The molecule has 14 heavy (non-hydrogen) atoms. The second kappa shape index (κ2) is 3.88. The second-order valence-electron chi connectivity index (χ2n) is 3.83. The number of rotatable bonds is 2.